The fraction of sp³-hybridized carbons (Fsp3) is 0.333. The van der Waals surface area contributed by atoms with Crippen LogP contribution in [0.4, 0.5) is 11.6 Å². The molecular formula is C21H25N7O2. The van der Waals surface area contributed by atoms with E-state index in [9.17, 15) is 4.79 Å². The van der Waals surface area contributed by atoms with Gasteiger partial charge in [-0.2, -0.15) is 5.10 Å². The summed E-state index contributed by atoms with van der Waals surface area (Å²) in [5.74, 6) is 1.46. The standard InChI is InChI=1S/C21H25N7O2/c1-16-18(14-26-28(16)17-5-3-2-4-6-17)21(29)23-8-7-22-19-13-20(25-15-24-19)27-9-11-30-12-10-27/h2-6,13-15H,7-12H2,1H3,(H,23,29)(H,22,24,25). The fourth-order valence-corrected chi connectivity index (χ4v) is 3.33. The summed E-state index contributed by atoms with van der Waals surface area (Å²) in [7, 11) is 0. The number of morpholine rings is 1. The number of hydrogen-bond acceptors (Lipinski definition) is 7. The highest BCUT2D eigenvalue weighted by Gasteiger charge is 2.15. The first kappa shape index (κ1) is 19.8. The van der Waals surface area contributed by atoms with E-state index in [-0.39, 0.29) is 5.91 Å². The Kier molecular flexibility index (Phi) is 6.19. The number of hydrogen-bond donors (Lipinski definition) is 2. The maximum Gasteiger partial charge on any atom is 0.254 e. The van der Waals surface area contributed by atoms with Crippen molar-refractivity contribution >= 4 is 17.5 Å². The number of carbonyl (C=O) groups excluding carboxylic acids is 1. The number of ether oxygens (including phenoxy) is 1. The molecule has 3 heterocycles. The molecule has 1 aromatic carbocycles. The molecule has 3 aromatic rings. The molecule has 0 spiro atoms. The Hall–Kier alpha value is -3.46. The zero-order valence-electron chi connectivity index (χ0n) is 16.9. The number of carbonyl (C=O) groups is 1. The van der Waals surface area contributed by atoms with Gasteiger partial charge in [0.05, 0.1) is 36.4 Å². The number of amides is 1. The molecule has 30 heavy (non-hydrogen) atoms. The van der Waals surface area contributed by atoms with Crippen LogP contribution >= 0.6 is 0 Å². The Morgan fingerprint density at radius 3 is 2.73 bits per heavy atom. The zero-order chi connectivity index (χ0) is 20.8. The number of anilines is 2. The van der Waals surface area contributed by atoms with Gasteiger partial charge in [0.1, 0.15) is 18.0 Å². The summed E-state index contributed by atoms with van der Waals surface area (Å²) >= 11 is 0. The molecule has 1 amide bonds. The van der Waals surface area contributed by atoms with Gasteiger partial charge in [0, 0.05) is 32.2 Å². The van der Waals surface area contributed by atoms with Crippen LogP contribution in [0.15, 0.2) is 48.9 Å². The third kappa shape index (κ3) is 4.57. The minimum Gasteiger partial charge on any atom is -0.378 e. The van der Waals surface area contributed by atoms with Gasteiger partial charge in [0.2, 0.25) is 0 Å². The minimum atomic E-state index is -0.145. The lowest BCUT2D eigenvalue weighted by molar-refractivity contribution is 0.0954. The summed E-state index contributed by atoms with van der Waals surface area (Å²) in [6, 6.07) is 11.7. The molecule has 0 saturated carbocycles. The number of para-hydroxylation sites is 1. The van der Waals surface area contributed by atoms with E-state index in [1.807, 2.05) is 43.3 Å². The lowest BCUT2D eigenvalue weighted by Crippen LogP contribution is -2.36. The normalized spacial score (nSPS) is 13.8. The van der Waals surface area contributed by atoms with Gasteiger partial charge in [-0.15, -0.1) is 0 Å². The van der Waals surface area contributed by atoms with Crippen molar-refractivity contribution in [2.45, 2.75) is 6.92 Å². The first-order valence-electron chi connectivity index (χ1n) is 9.99. The van der Waals surface area contributed by atoms with Crippen LogP contribution in [0.1, 0.15) is 16.1 Å². The van der Waals surface area contributed by atoms with Crippen LogP contribution in [0.3, 0.4) is 0 Å². The molecule has 0 aliphatic carbocycles. The summed E-state index contributed by atoms with van der Waals surface area (Å²) in [6.45, 7) is 5.97. The number of rotatable bonds is 7. The Balaban J connectivity index is 1.29. The first-order valence-corrected chi connectivity index (χ1v) is 9.99. The van der Waals surface area contributed by atoms with Crippen molar-refractivity contribution in [3.05, 3.63) is 60.2 Å². The first-order chi connectivity index (χ1) is 14.7. The fourth-order valence-electron chi connectivity index (χ4n) is 3.33. The molecule has 0 atom stereocenters. The number of aromatic nitrogens is 4. The molecular weight excluding hydrogens is 382 g/mol. The average molecular weight is 407 g/mol. The van der Waals surface area contributed by atoms with Crippen molar-refractivity contribution in [1.29, 1.82) is 0 Å². The largest absolute Gasteiger partial charge is 0.378 e. The van der Waals surface area contributed by atoms with E-state index in [0.29, 0.717) is 31.9 Å². The topological polar surface area (TPSA) is 97.2 Å². The molecule has 0 unspecified atom stereocenters. The van der Waals surface area contributed by atoms with Crippen molar-refractivity contribution in [3.8, 4) is 5.69 Å². The van der Waals surface area contributed by atoms with E-state index in [2.05, 4.69) is 30.6 Å². The number of nitrogens with one attached hydrogen (secondary N) is 2. The molecule has 2 N–H and O–H groups in total. The van der Waals surface area contributed by atoms with Crippen molar-refractivity contribution in [3.63, 3.8) is 0 Å². The van der Waals surface area contributed by atoms with Gasteiger partial charge in [-0.3, -0.25) is 4.79 Å². The molecule has 9 heteroatoms. The SMILES string of the molecule is Cc1c(C(=O)NCCNc2cc(N3CCOCC3)ncn2)cnn1-c1ccccc1. The van der Waals surface area contributed by atoms with Crippen LogP contribution in [0, 0.1) is 6.92 Å². The third-order valence-corrected chi connectivity index (χ3v) is 4.96. The second-order valence-corrected chi connectivity index (χ2v) is 6.93. The lowest BCUT2D eigenvalue weighted by atomic mass is 10.2. The molecule has 9 nitrogen and oxygen atoms in total. The van der Waals surface area contributed by atoms with Crippen LogP contribution in [0.5, 0.6) is 0 Å². The third-order valence-electron chi connectivity index (χ3n) is 4.96. The molecule has 4 rings (SSSR count). The number of nitrogens with zero attached hydrogens (tertiary/aromatic N) is 5. The highest BCUT2D eigenvalue weighted by atomic mass is 16.5. The summed E-state index contributed by atoms with van der Waals surface area (Å²) in [5, 5.41) is 10.5. The predicted molar refractivity (Wildman–Crippen MR) is 114 cm³/mol. The summed E-state index contributed by atoms with van der Waals surface area (Å²) in [6.07, 6.45) is 3.15. The highest BCUT2D eigenvalue weighted by molar-refractivity contribution is 5.95. The summed E-state index contributed by atoms with van der Waals surface area (Å²) in [4.78, 5) is 23.3. The van der Waals surface area contributed by atoms with Crippen LogP contribution in [0.25, 0.3) is 5.69 Å². The monoisotopic (exact) mass is 407 g/mol. The van der Waals surface area contributed by atoms with Gasteiger partial charge in [0.15, 0.2) is 0 Å². The zero-order valence-corrected chi connectivity index (χ0v) is 16.9. The maximum atomic E-state index is 12.5. The number of benzene rings is 1. The Morgan fingerprint density at radius 2 is 1.93 bits per heavy atom. The van der Waals surface area contributed by atoms with Crippen molar-refractivity contribution in [2.75, 3.05) is 49.6 Å². The molecule has 1 aliphatic rings. The van der Waals surface area contributed by atoms with Crippen LogP contribution in [0.2, 0.25) is 0 Å². The summed E-state index contributed by atoms with van der Waals surface area (Å²) < 4.78 is 7.14. The van der Waals surface area contributed by atoms with Crippen molar-refractivity contribution < 1.29 is 9.53 Å². The van der Waals surface area contributed by atoms with Gasteiger partial charge < -0.3 is 20.3 Å². The Morgan fingerprint density at radius 1 is 1.13 bits per heavy atom. The molecule has 0 radical (unpaired) electrons. The van der Waals surface area contributed by atoms with Gasteiger partial charge in [-0.1, -0.05) is 18.2 Å². The van der Waals surface area contributed by atoms with Gasteiger partial charge in [-0.05, 0) is 19.1 Å². The van der Waals surface area contributed by atoms with Crippen molar-refractivity contribution in [1.82, 2.24) is 25.1 Å². The van der Waals surface area contributed by atoms with Crippen LogP contribution in [-0.2, 0) is 4.74 Å². The Bertz CT molecular complexity index is 984. The molecule has 156 valence electrons. The van der Waals surface area contributed by atoms with E-state index >= 15 is 0 Å². The van der Waals surface area contributed by atoms with Crippen LogP contribution < -0.4 is 15.5 Å². The van der Waals surface area contributed by atoms with E-state index in [4.69, 9.17) is 4.74 Å². The molecule has 1 aliphatic heterocycles. The second kappa shape index (κ2) is 9.36. The second-order valence-electron chi connectivity index (χ2n) is 6.93. The summed E-state index contributed by atoms with van der Waals surface area (Å²) in [5.41, 5.74) is 2.30. The minimum absolute atomic E-state index is 0.145. The molecule has 1 saturated heterocycles. The smallest absolute Gasteiger partial charge is 0.254 e. The van der Waals surface area contributed by atoms with E-state index in [0.717, 1.165) is 36.1 Å². The van der Waals surface area contributed by atoms with E-state index < -0.39 is 0 Å². The van der Waals surface area contributed by atoms with Gasteiger partial charge >= 0.3 is 0 Å². The van der Waals surface area contributed by atoms with Crippen LogP contribution in [-0.4, -0.2) is 65.0 Å². The Labute approximate surface area is 175 Å². The predicted octanol–water partition coefficient (Wildman–Crippen LogP) is 1.65. The van der Waals surface area contributed by atoms with E-state index in [1.54, 1.807) is 17.2 Å². The molecule has 0 bridgehead atoms. The highest BCUT2D eigenvalue weighted by Crippen LogP contribution is 2.15. The average Bonchev–Trinajstić information content (AvgIpc) is 3.19. The van der Waals surface area contributed by atoms with Gasteiger partial charge in [0.25, 0.3) is 5.91 Å². The molecule has 2 aromatic heterocycles. The maximum absolute atomic E-state index is 12.5. The molecule has 1 fully saturated rings. The quantitative estimate of drug-likeness (QED) is 0.575. The lowest BCUT2D eigenvalue weighted by Gasteiger charge is -2.27. The van der Waals surface area contributed by atoms with Crippen molar-refractivity contribution in [2.24, 2.45) is 0 Å². The van der Waals surface area contributed by atoms with E-state index in [1.165, 1.54) is 0 Å². The van der Waals surface area contributed by atoms with Gasteiger partial charge in [-0.25, -0.2) is 14.6 Å².